The monoisotopic (exact) mass is 191 g/mol. The average molecular weight is 191 g/mol. The van der Waals surface area contributed by atoms with Crippen LogP contribution < -0.4 is 5.32 Å². The quantitative estimate of drug-likeness (QED) is 0.779. The van der Waals surface area contributed by atoms with E-state index in [4.69, 9.17) is 0 Å². The summed E-state index contributed by atoms with van der Waals surface area (Å²) in [5.74, 6) is 0. The van der Waals surface area contributed by atoms with E-state index in [-0.39, 0.29) is 0 Å². The predicted octanol–water partition coefficient (Wildman–Crippen LogP) is 3.72. The Morgan fingerprint density at radius 2 is 2.23 bits per heavy atom. The van der Waals surface area contributed by atoms with E-state index in [1.165, 1.54) is 22.2 Å². The summed E-state index contributed by atoms with van der Waals surface area (Å²) in [6.45, 7) is 3.23. The Morgan fingerprint density at radius 1 is 1.31 bits per heavy atom. The number of rotatable bonds is 3. The Hall–Kier alpha value is -1.02. The molecule has 0 atom stereocenters. The van der Waals surface area contributed by atoms with Gasteiger partial charge in [-0.25, -0.2) is 0 Å². The van der Waals surface area contributed by atoms with Crippen molar-refractivity contribution in [1.82, 2.24) is 0 Å². The molecule has 1 nitrogen and oxygen atoms in total. The third-order valence-corrected chi connectivity index (χ3v) is 2.94. The van der Waals surface area contributed by atoms with E-state index >= 15 is 0 Å². The van der Waals surface area contributed by atoms with Crippen LogP contribution in [0.4, 0.5) is 5.69 Å². The van der Waals surface area contributed by atoms with Gasteiger partial charge in [-0.3, -0.25) is 0 Å². The van der Waals surface area contributed by atoms with Gasteiger partial charge in [0.05, 0.1) is 0 Å². The van der Waals surface area contributed by atoms with Crippen molar-refractivity contribution < 1.29 is 0 Å². The lowest BCUT2D eigenvalue weighted by atomic mass is 10.2. The van der Waals surface area contributed by atoms with Crippen molar-refractivity contribution in [1.29, 1.82) is 0 Å². The molecule has 13 heavy (non-hydrogen) atoms. The largest absolute Gasteiger partial charge is 0.385 e. The maximum atomic E-state index is 3.43. The number of hydrogen-bond acceptors (Lipinski definition) is 2. The summed E-state index contributed by atoms with van der Waals surface area (Å²) in [5.41, 5.74) is 1.26. The summed E-state index contributed by atoms with van der Waals surface area (Å²) < 4.78 is 1.36. The van der Waals surface area contributed by atoms with E-state index in [9.17, 15) is 0 Å². The van der Waals surface area contributed by atoms with Crippen molar-refractivity contribution in [2.75, 3.05) is 11.9 Å². The highest BCUT2D eigenvalue weighted by Crippen LogP contribution is 2.27. The van der Waals surface area contributed by atoms with Crippen LogP contribution in [0.5, 0.6) is 0 Å². The highest BCUT2D eigenvalue weighted by Gasteiger charge is 1.99. The first kappa shape index (κ1) is 8.57. The third kappa shape index (κ3) is 1.68. The smallest absolute Gasteiger partial charge is 0.0428 e. The minimum Gasteiger partial charge on any atom is -0.385 e. The fraction of sp³-hybridized carbons (Fsp3) is 0.273. The molecule has 1 heterocycles. The third-order valence-electron chi connectivity index (χ3n) is 2.06. The van der Waals surface area contributed by atoms with Crippen LogP contribution >= 0.6 is 11.3 Å². The lowest BCUT2D eigenvalue weighted by Gasteiger charge is -2.05. The first-order valence-electron chi connectivity index (χ1n) is 4.62. The molecule has 2 heteroatoms. The van der Waals surface area contributed by atoms with Crippen molar-refractivity contribution in [2.45, 2.75) is 13.3 Å². The molecule has 0 aliphatic rings. The minimum absolute atomic E-state index is 1.05. The maximum absolute atomic E-state index is 3.43. The summed E-state index contributed by atoms with van der Waals surface area (Å²) in [4.78, 5) is 0. The van der Waals surface area contributed by atoms with Crippen molar-refractivity contribution in [3.63, 3.8) is 0 Å². The number of nitrogens with one attached hydrogen (secondary N) is 1. The molecule has 1 N–H and O–H groups in total. The van der Waals surface area contributed by atoms with Gasteiger partial charge in [-0.1, -0.05) is 13.0 Å². The molecule has 2 rings (SSSR count). The maximum Gasteiger partial charge on any atom is 0.0428 e. The number of hydrogen-bond donors (Lipinski definition) is 1. The van der Waals surface area contributed by atoms with Crippen LogP contribution in [0.3, 0.4) is 0 Å². The van der Waals surface area contributed by atoms with E-state index in [2.05, 4.69) is 41.9 Å². The zero-order valence-electron chi connectivity index (χ0n) is 7.71. The Bertz CT molecular complexity index is 392. The molecule has 0 bridgehead atoms. The lowest BCUT2D eigenvalue weighted by molar-refractivity contribution is 0.981. The van der Waals surface area contributed by atoms with Gasteiger partial charge in [-0.2, -0.15) is 0 Å². The summed E-state index contributed by atoms with van der Waals surface area (Å²) in [6.07, 6.45) is 1.17. The first-order chi connectivity index (χ1) is 6.42. The number of thiophene rings is 1. The van der Waals surface area contributed by atoms with E-state index < -0.39 is 0 Å². The van der Waals surface area contributed by atoms with Gasteiger partial charge in [0.2, 0.25) is 0 Å². The summed E-state index contributed by atoms with van der Waals surface area (Å²) in [7, 11) is 0. The Labute approximate surface area is 82.4 Å². The van der Waals surface area contributed by atoms with Crippen LogP contribution in [0.15, 0.2) is 29.6 Å². The van der Waals surface area contributed by atoms with Gasteiger partial charge in [0, 0.05) is 22.3 Å². The summed E-state index contributed by atoms with van der Waals surface area (Å²) in [5, 5.41) is 6.92. The van der Waals surface area contributed by atoms with Gasteiger partial charge in [0.25, 0.3) is 0 Å². The molecule has 68 valence electrons. The van der Waals surface area contributed by atoms with Gasteiger partial charge >= 0.3 is 0 Å². The molecule has 2 aromatic rings. The molecular formula is C11H13NS. The molecule has 0 aliphatic heterocycles. The second-order valence-electron chi connectivity index (χ2n) is 3.06. The molecular weight excluding hydrogens is 178 g/mol. The van der Waals surface area contributed by atoms with Gasteiger partial charge in [-0.15, -0.1) is 11.3 Å². The highest BCUT2D eigenvalue weighted by atomic mass is 32.1. The standard InChI is InChI=1S/C11H13NS/c1-2-7-12-10-4-3-5-11-9(10)6-8-13-11/h3-6,8,12H,2,7H2,1H3. The predicted molar refractivity (Wildman–Crippen MR) is 60.6 cm³/mol. The number of anilines is 1. The minimum atomic E-state index is 1.05. The normalized spacial score (nSPS) is 10.5. The second-order valence-corrected chi connectivity index (χ2v) is 4.01. The van der Waals surface area contributed by atoms with E-state index in [1.807, 2.05) is 0 Å². The number of benzene rings is 1. The molecule has 0 radical (unpaired) electrons. The molecule has 1 aromatic heterocycles. The van der Waals surface area contributed by atoms with Crippen LogP contribution in [0.2, 0.25) is 0 Å². The van der Waals surface area contributed by atoms with E-state index in [0.29, 0.717) is 0 Å². The SMILES string of the molecule is CCCNc1cccc2sccc12. The Kier molecular flexibility index (Phi) is 2.50. The average Bonchev–Trinajstić information content (AvgIpc) is 2.62. The molecule has 0 fully saturated rings. The fourth-order valence-corrected chi connectivity index (χ4v) is 2.22. The lowest BCUT2D eigenvalue weighted by Crippen LogP contribution is -1.99. The van der Waals surface area contributed by atoms with Gasteiger partial charge in [0.15, 0.2) is 0 Å². The second kappa shape index (κ2) is 3.79. The van der Waals surface area contributed by atoms with Crippen LogP contribution in [0.25, 0.3) is 10.1 Å². The molecule has 0 spiro atoms. The molecule has 0 saturated heterocycles. The van der Waals surface area contributed by atoms with Crippen molar-refractivity contribution in [3.8, 4) is 0 Å². The topological polar surface area (TPSA) is 12.0 Å². The van der Waals surface area contributed by atoms with Crippen molar-refractivity contribution in [2.24, 2.45) is 0 Å². The van der Waals surface area contributed by atoms with E-state index in [0.717, 1.165) is 6.54 Å². The zero-order valence-corrected chi connectivity index (χ0v) is 8.53. The Morgan fingerprint density at radius 3 is 3.08 bits per heavy atom. The van der Waals surface area contributed by atoms with Gasteiger partial charge in [-0.05, 0) is 30.0 Å². The molecule has 0 amide bonds. The van der Waals surface area contributed by atoms with Crippen LogP contribution in [-0.4, -0.2) is 6.54 Å². The summed E-state index contributed by atoms with van der Waals surface area (Å²) >= 11 is 1.79. The molecule has 1 aromatic carbocycles. The Balaban J connectivity index is 2.37. The summed E-state index contributed by atoms with van der Waals surface area (Å²) in [6, 6.07) is 8.59. The zero-order chi connectivity index (χ0) is 9.10. The van der Waals surface area contributed by atoms with Crippen molar-refractivity contribution >= 4 is 27.1 Å². The van der Waals surface area contributed by atoms with Crippen molar-refractivity contribution in [3.05, 3.63) is 29.6 Å². The van der Waals surface area contributed by atoms with Gasteiger partial charge < -0.3 is 5.32 Å². The molecule has 0 saturated carbocycles. The molecule has 0 unspecified atom stereocenters. The number of fused-ring (bicyclic) bond motifs is 1. The van der Waals surface area contributed by atoms with Crippen LogP contribution in [0.1, 0.15) is 13.3 Å². The van der Waals surface area contributed by atoms with Crippen LogP contribution in [0, 0.1) is 0 Å². The van der Waals surface area contributed by atoms with Gasteiger partial charge in [0.1, 0.15) is 0 Å². The molecule has 0 aliphatic carbocycles. The fourth-order valence-electron chi connectivity index (χ4n) is 1.41. The van der Waals surface area contributed by atoms with E-state index in [1.54, 1.807) is 11.3 Å². The van der Waals surface area contributed by atoms with Crippen LogP contribution in [-0.2, 0) is 0 Å². The highest BCUT2D eigenvalue weighted by molar-refractivity contribution is 7.17. The first-order valence-corrected chi connectivity index (χ1v) is 5.50.